The number of para-hydroxylation sites is 1. The van der Waals surface area contributed by atoms with E-state index < -0.39 is 10.0 Å². The van der Waals surface area contributed by atoms with E-state index in [1.165, 1.54) is 10.6 Å². The lowest BCUT2D eigenvalue weighted by Crippen LogP contribution is -2.31. The summed E-state index contributed by atoms with van der Waals surface area (Å²) in [7, 11) is -1.90. The average Bonchev–Trinajstić information content (AvgIpc) is 2.85. The van der Waals surface area contributed by atoms with Crippen molar-refractivity contribution in [2.75, 3.05) is 30.8 Å². The molecule has 3 rings (SSSR count). The third kappa shape index (κ3) is 6.99. The van der Waals surface area contributed by atoms with Crippen LogP contribution in [-0.4, -0.2) is 40.8 Å². The van der Waals surface area contributed by atoms with Gasteiger partial charge >= 0.3 is 0 Å². The van der Waals surface area contributed by atoms with Crippen LogP contribution in [0.2, 0.25) is 0 Å². The van der Waals surface area contributed by atoms with E-state index in [-0.39, 0.29) is 12.5 Å². The molecule has 7 nitrogen and oxygen atoms in total. The molecule has 0 bridgehead atoms. The van der Waals surface area contributed by atoms with Crippen LogP contribution >= 0.6 is 0 Å². The maximum atomic E-state index is 12.7. The molecule has 1 N–H and O–H groups in total. The van der Waals surface area contributed by atoms with E-state index in [9.17, 15) is 13.2 Å². The van der Waals surface area contributed by atoms with Gasteiger partial charge in [-0.3, -0.25) is 9.10 Å². The largest absolute Gasteiger partial charge is 0.497 e. The predicted octanol–water partition coefficient (Wildman–Crippen LogP) is 4.34. The maximum absolute atomic E-state index is 12.7. The van der Waals surface area contributed by atoms with E-state index in [0.29, 0.717) is 24.5 Å². The fourth-order valence-corrected chi connectivity index (χ4v) is 4.74. The number of nitrogens with one attached hydrogen (secondary N) is 1. The van der Waals surface area contributed by atoms with E-state index in [1.807, 2.05) is 44.2 Å². The summed E-state index contributed by atoms with van der Waals surface area (Å²) in [6.45, 7) is 4.79. The molecule has 0 aliphatic carbocycles. The second-order valence-corrected chi connectivity index (χ2v) is 10.1. The molecule has 0 saturated heterocycles. The van der Waals surface area contributed by atoms with Crippen LogP contribution in [0.3, 0.4) is 0 Å². The minimum atomic E-state index is -3.51. The van der Waals surface area contributed by atoms with Crippen molar-refractivity contribution in [2.45, 2.75) is 26.8 Å². The lowest BCUT2D eigenvalue weighted by molar-refractivity contribution is 0.0947. The highest BCUT2D eigenvalue weighted by molar-refractivity contribution is 7.92. The normalized spacial score (nSPS) is 11.1. The smallest absolute Gasteiger partial charge is 0.251 e. The molecule has 0 atom stereocenters. The lowest BCUT2D eigenvalue weighted by Gasteiger charge is -2.26. The molecule has 0 aromatic heterocycles. The van der Waals surface area contributed by atoms with Crippen LogP contribution in [0, 0.1) is 6.92 Å². The van der Waals surface area contributed by atoms with Gasteiger partial charge in [0.05, 0.1) is 32.1 Å². The van der Waals surface area contributed by atoms with E-state index in [0.717, 1.165) is 34.5 Å². The fourth-order valence-electron chi connectivity index (χ4n) is 3.76. The number of nitrogens with zero attached hydrogens (tertiary/aromatic N) is 1. The Kier molecular flexibility index (Phi) is 8.76. The number of carbonyl (C=O) groups excluding carboxylic acids is 1. The summed E-state index contributed by atoms with van der Waals surface area (Å²) in [6.07, 6.45) is 1.94. The van der Waals surface area contributed by atoms with Gasteiger partial charge in [0.15, 0.2) is 0 Å². The molecular weight excluding hydrogens is 464 g/mol. The highest BCUT2D eigenvalue weighted by Gasteiger charge is 2.22. The number of methoxy groups -OCH3 is 1. The van der Waals surface area contributed by atoms with Gasteiger partial charge in [-0.15, -0.1) is 0 Å². The van der Waals surface area contributed by atoms with Crippen molar-refractivity contribution >= 4 is 21.6 Å². The number of hydrogen-bond donors (Lipinski definition) is 1. The topological polar surface area (TPSA) is 84.9 Å². The molecule has 0 aliphatic heterocycles. The number of aryl methyl sites for hydroxylation is 2. The summed E-state index contributed by atoms with van der Waals surface area (Å²) in [6, 6.07) is 20.0. The Balaban J connectivity index is 1.61. The Morgan fingerprint density at radius 3 is 2.23 bits per heavy atom. The Bertz CT molecular complexity index is 1240. The van der Waals surface area contributed by atoms with Crippen molar-refractivity contribution in [1.82, 2.24) is 5.32 Å². The number of rotatable bonds is 11. The van der Waals surface area contributed by atoms with Crippen molar-refractivity contribution in [3.05, 3.63) is 89.0 Å². The van der Waals surface area contributed by atoms with Crippen LogP contribution in [0.4, 0.5) is 5.69 Å². The second-order valence-electron chi connectivity index (χ2n) is 8.18. The Morgan fingerprint density at radius 2 is 1.63 bits per heavy atom. The van der Waals surface area contributed by atoms with Gasteiger partial charge in [0.25, 0.3) is 5.91 Å². The van der Waals surface area contributed by atoms with Gasteiger partial charge < -0.3 is 14.8 Å². The van der Waals surface area contributed by atoms with Gasteiger partial charge in [-0.25, -0.2) is 8.42 Å². The summed E-state index contributed by atoms with van der Waals surface area (Å²) in [4.78, 5) is 12.5. The number of hydrogen-bond acceptors (Lipinski definition) is 5. The number of benzene rings is 3. The zero-order valence-corrected chi connectivity index (χ0v) is 21.4. The van der Waals surface area contributed by atoms with Gasteiger partial charge in [-0.2, -0.15) is 0 Å². The molecule has 0 heterocycles. The summed E-state index contributed by atoms with van der Waals surface area (Å²) in [5.41, 5.74) is 3.89. The highest BCUT2D eigenvalue weighted by Crippen LogP contribution is 2.29. The van der Waals surface area contributed by atoms with Gasteiger partial charge in [-0.1, -0.05) is 37.3 Å². The Hall–Kier alpha value is -3.52. The van der Waals surface area contributed by atoms with Gasteiger partial charge in [-0.05, 0) is 66.4 Å². The van der Waals surface area contributed by atoms with Crippen molar-refractivity contribution in [1.29, 1.82) is 0 Å². The standard InChI is InChI=1S/C27H32N2O5S/c1-5-22-8-6-7-20(2)26(22)29(35(4,31)32)19-21-9-11-23(12-10-21)27(30)28-17-18-34-25-15-13-24(33-3)14-16-25/h6-16H,5,17-19H2,1-4H3,(H,28,30). The van der Waals surface area contributed by atoms with Crippen LogP contribution in [0.15, 0.2) is 66.7 Å². The summed E-state index contributed by atoms with van der Waals surface area (Å²) >= 11 is 0. The minimum absolute atomic E-state index is 0.189. The third-order valence-corrected chi connectivity index (χ3v) is 6.72. The first-order valence-electron chi connectivity index (χ1n) is 11.4. The number of ether oxygens (including phenoxy) is 2. The van der Waals surface area contributed by atoms with Crippen LogP contribution in [0.25, 0.3) is 0 Å². The molecule has 3 aromatic rings. The molecule has 8 heteroatoms. The molecule has 0 saturated carbocycles. The van der Waals surface area contributed by atoms with Gasteiger partial charge in [0, 0.05) is 5.56 Å². The lowest BCUT2D eigenvalue weighted by atomic mass is 10.1. The number of amides is 1. The minimum Gasteiger partial charge on any atom is -0.497 e. The first-order valence-corrected chi connectivity index (χ1v) is 13.3. The van der Waals surface area contributed by atoms with Crippen molar-refractivity contribution in [2.24, 2.45) is 0 Å². The monoisotopic (exact) mass is 496 g/mol. The van der Waals surface area contributed by atoms with Gasteiger partial charge in [0.1, 0.15) is 18.1 Å². The van der Waals surface area contributed by atoms with Crippen LogP contribution < -0.4 is 19.1 Å². The zero-order valence-electron chi connectivity index (χ0n) is 20.6. The zero-order chi connectivity index (χ0) is 25.4. The quantitative estimate of drug-likeness (QED) is 0.399. The molecule has 0 unspecified atom stereocenters. The summed E-state index contributed by atoms with van der Waals surface area (Å²) in [5, 5.41) is 2.83. The predicted molar refractivity (Wildman–Crippen MR) is 139 cm³/mol. The number of anilines is 1. The van der Waals surface area contributed by atoms with Crippen LogP contribution in [-0.2, 0) is 23.0 Å². The van der Waals surface area contributed by atoms with Crippen molar-refractivity contribution in [3.63, 3.8) is 0 Å². The molecule has 35 heavy (non-hydrogen) atoms. The molecule has 0 spiro atoms. The Labute approximate surface area is 207 Å². The molecular formula is C27H32N2O5S. The summed E-state index contributed by atoms with van der Waals surface area (Å²) < 4.78 is 37.5. The highest BCUT2D eigenvalue weighted by atomic mass is 32.2. The van der Waals surface area contributed by atoms with Gasteiger partial charge in [0.2, 0.25) is 10.0 Å². The van der Waals surface area contributed by atoms with E-state index in [1.54, 1.807) is 43.5 Å². The average molecular weight is 497 g/mol. The molecule has 0 fully saturated rings. The van der Waals surface area contributed by atoms with Crippen LogP contribution in [0.5, 0.6) is 11.5 Å². The number of sulfonamides is 1. The van der Waals surface area contributed by atoms with Crippen molar-refractivity contribution < 1.29 is 22.7 Å². The van der Waals surface area contributed by atoms with E-state index in [4.69, 9.17) is 9.47 Å². The SMILES string of the molecule is CCc1cccc(C)c1N(Cc1ccc(C(=O)NCCOc2ccc(OC)cc2)cc1)S(C)(=O)=O. The molecule has 186 valence electrons. The molecule has 0 radical (unpaired) electrons. The second kappa shape index (κ2) is 11.8. The number of carbonyl (C=O) groups is 1. The molecule has 0 aliphatic rings. The maximum Gasteiger partial charge on any atom is 0.251 e. The van der Waals surface area contributed by atoms with E-state index in [2.05, 4.69) is 5.32 Å². The third-order valence-electron chi connectivity index (χ3n) is 5.61. The first kappa shape index (κ1) is 26.1. The van der Waals surface area contributed by atoms with Crippen LogP contribution in [0.1, 0.15) is 34.0 Å². The Morgan fingerprint density at radius 1 is 0.971 bits per heavy atom. The first-order chi connectivity index (χ1) is 16.7. The van der Waals surface area contributed by atoms with E-state index >= 15 is 0 Å². The summed E-state index contributed by atoms with van der Waals surface area (Å²) in [5.74, 6) is 1.22. The molecule has 1 amide bonds. The molecule has 3 aromatic carbocycles. The fraction of sp³-hybridized carbons (Fsp3) is 0.296. The van der Waals surface area contributed by atoms with Crippen molar-refractivity contribution in [3.8, 4) is 11.5 Å².